The molecule has 1 atom stereocenters. The zero-order chi connectivity index (χ0) is 19.0. The maximum atomic E-state index is 13.0. The fourth-order valence-electron chi connectivity index (χ4n) is 3.78. The number of imidazole rings is 1. The molecule has 0 saturated heterocycles. The van der Waals surface area contributed by atoms with Crippen molar-refractivity contribution in [3.8, 4) is 0 Å². The second-order valence-corrected chi connectivity index (χ2v) is 8.29. The lowest BCUT2D eigenvalue weighted by Gasteiger charge is -2.32. The van der Waals surface area contributed by atoms with Gasteiger partial charge in [-0.3, -0.25) is 9.78 Å². The third kappa shape index (κ3) is 3.47. The lowest BCUT2D eigenvalue weighted by molar-refractivity contribution is 0.101. The van der Waals surface area contributed by atoms with Crippen LogP contribution < -0.4 is 4.90 Å². The molecule has 1 aliphatic heterocycles. The molecule has 0 radical (unpaired) electrons. The maximum absolute atomic E-state index is 13.0. The second-order valence-electron chi connectivity index (χ2n) is 6.93. The Kier molecular flexibility index (Phi) is 4.93. The summed E-state index contributed by atoms with van der Waals surface area (Å²) in [6, 6.07) is 11.6. The SMILES string of the molecule is CCN1CCCc2cccc(C[S+]([O-])c3nc4cc(C(C)=O)ccc4[nH]3)c21. The molecule has 5 nitrogen and oxygen atoms in total. The number of hydrogen-bond acceptors (Lipinski definition) is 4. The van der Waals surface area contributed by atoms with Gasteiger partial charge in [0.15, 0.2) is 5.78 Å². The Bertz CT molecular complexity index is 998. The van der Waals surface area contributed by atoms with Crippen LogP contribution >= 0.6 is 0 Å². The predicted octanol–water partition coefficient (Wildman–Crippen LogP) is 3.85. The Morgan fingerprint density at radius 2 is 2.19 bits per heavy atom. The molecule has 0 bridgehead atoms. The number of aromatic amines is 1. The number of nitrogens with one attached hydrogen (secondary N) is 1. The Balaban J connectivity index is 1.64. The molecular formula is C21H23N3O2S. The summed E-state index contributed by atoms with van der Waals surface area (Å²) in [6.45, 7) is 5.69. The van der Waals surface area contributed by atoms with Gasteiger partial charge in [0, 0.05) is 41.1 Å². The van der Waals surface area contributed by atoms with E-state index in [9.17, 15) is 9.35 Å². The number of Topliss-reactive ketones (excluding diaryl/α,β-unsaturated/α-hetero) is 1. The summed E-state index contributed by atoms with van der Waals surface area (Å²) in [5.74, 6) is 0.428. The Labute approximate surface area is 162 Å². The molecule has 1 aliphatic rings. The van der Waals surface area contributed by atoms with E-state index in [2.05, 4.69) is 40.0 Å². The van der Waals surface area contributed by atoms with Crippen LogP contribution in [0, 0.1) is 0 Å². The Morgan fingerprint density at radius 1 is 1.33 bits per heavy atom. The van der Waals surface area contributed by atoms with Gasteiger partial charge in [-0.05, 0) is 50.5 Å². The fourth-order valence-corrected chi connectivity index (χ4v) is 4.85. The van der Waals surface area contributed by atoms with E-state index in [1.807, 2.05) is 6.07 Å². The largest absolute Gasteiger partial charge is 0.609 e. The van der Waals surface area contributed by atoms with Gasteiger partial charge in [0.1, 0.15) is 5.75 Å². The van der Waals surface area contributed by atoms with Crippen molar-refractivity contribution >= 4 is 33.7 Å². The van der Waals surface area contributed by atoms with Crippen molar-refractivity contribution in [1.29, 1.82) is 0 Å². The summed E-state index contributed by atoms with van der Waals surface area (Å²) in [5, 5.41) is 0.460. The normalized spacial score (nSPS) is 15.0. The van der Waals surface area contributed by atoms with E-state index >= 15 is 0 Å². The maximum Gasteiger partial charge on any atom is 0.321 e. The summed E-state index contributed by atoms with van der Waals surface area (Å²) in [4.78, 5) is 21.6. The van der Waals surface area contributed by atoms with Crippen LogP contribution in [0.3, 0.4) is 0 Å². The molecule has 2 heterocycles. The molecule has 140 valence electrons. The molecule has 0 amide bonds. The van der Waals surface area contributed by atoms with Crippen molar-refractivity contribution < 1.29 is 9.35 Å². The van der Waals surface area contributed by atoms with Crippen molar-refractivity contribution in [2.24, 2.45) is 0 Å². The first-order valence-corrected chi connectivity index (χ1v) is 10.6. The summed E-state index contributed by atoms with van der Waals surface area (Å²) in [6.07, 6.45) is 2.24. The number of fused-ring (bicyclic) bond motifs is 2. The molecule has 2 aromatic carbocycles. The second kappa shape index (κ2) is 7.37. The van der Waals surface area contributed by atoms with Crippen LogP contribution in [0.5, 0.6) is 0 Å². The number of carbonyl (C=O) groups is 1. The van der Waals surface area contributed by atoms with Gasteiger partial charge in [-0.15, -0.1) is 0 Å². The van der Waals surface area contributed by atoms with Gasteiger partial charge in [-0.25, -0.2) is 0 Å². The van der Waals surface area contributed by atoms with E-state index < -0.39 is 11.2 Å². The van der Waals surface area contributed by atoms with E-state index in [0.717, 1.165) is 37.0 Å². The molecule has 1 unspecified atom stereocenters. The van der Waals surface area contributed by atoms with Gasteiger partial charge < -0.3 is 9.45 Å². The monoisotopic (exact) mass is 381 g/mol. The van der Waals surface area contributed by atoms with Gasteiger partial charge in [0.2, 0.25) is 0 Å². The van der Waals surface area contributed by atoms with Gasteiger partial charge in [0.25, 0.3) is 0 Å². The number of ketones is 1. The van der Waals surface area contributed by atoms with Crippen molar-refractivity contribution in [3.63, 3.8) is 0 Å². The first-order chi connectivity index (χ1) is 13.1. The summed E-state index contributed by atoms with van der Waals surface area (Å²) >= 11 is -1.28. The number of benzene rings is 2. The Hall–Kier alpha value is -2.31. The zero-order valence-electron chi connectivity index (χ0n) is 15.6. The van der Waals surface area contributed by atoms with Crippen molar-refractivity contribution in [2.75, 3.05) is 18.0 Å². The number of aromatic nitrogens is 2. The standard InChI is InChI=1S/C21H23N3O2S/c1-3-24-11-5-8-15-6-4-7-17(20(15)24)13-27(26)21-22-18-10-9-16(14(2)25)12-19(18)23-21/h4,6-7,9-10,12H,3,5,8,11,13H2,1-2H3,(H,22,23). The highest BCUT2D eigenvalue weighted by Crippen LogP contribution is 2.33. The van der Waals surface area contributed by atoms with E-state index in [4.69, 9.17) is 0 Å². The van der Waals surface area contributed by atoms with Crippen LogP contribution in [0.2, 0.25) is 0 Å². The average molecular weight is 382 g/mol. The number of anilines is 1. The number of para-hydroxylation sites is 1. The molecule has 6 heteroatoms. The molecule has 3 aromatic rings. The van der Waals surface area contributed by atoms with Crippen molar-refractivity contribution in [3.05, 3.63) is 53.1 Å². The number of carbonyl (C=O) groups excluding carboxylic acids is 1. The molecule has 0 spiro atoms. The third-order valence-electron chi connectivity index (χ3n) is 5.15. The molecule has 0 saturated carbocycles. The van der Waals surface area contributed by atoms with Crippen LogP contribution in [0.25, 0.3) is 11.0 Å². The van der Waals surface area contributed by atoms with Crippen LogP contribution in [0.4, 0.5) is 5.69 Å². The van der Waals surface area contributed by atoms with Crippen molar-refractivity contribution in [1.82, 2.24) is 9.97 Å². The number of H-pyrrole nitrogens is 1. The molecular weight excluding hydrogens is 358 g/mol. The quantitative estimate of drug-likeness (QED) is 0.538. The highest BCUT2D eigenvalue weighted by atomic mass is 32.2. The molecule has 1 aromatic heterocycles. The lowest BCUT2D eigenvalue weighted by atomic mass is 9.98. The van der Waals surface area contributed by atoms with Crippen molar-refractivity contribution in [2.45, 2.75) is 37.6 Å². The minimum Gasteiger partial charge on any atom is -0.609 e. The summed E-state index contributed by atoms with van der Waals surface area (Å²) in [7, 11) is 0. The van der Waals surface area contributed by atoms with E-state index in [0.29, 0.717) is 22.0 Å². The van der Waals surface area contributed by atoms with Gasteiger partial charge in [-0.2, -0.15) is 4.98 Å². The van der Waals surface area contributed by atoms with E-state index in [-0.39, 0.29) is 5.78 Å². The Morgan fingerprint density at radius 3 is 2.96 bits per heavy atom. The topological polar surface area (TPSA) is 72.0 Å². The fraction of sp³-hybridized carbons (Fsp3) is 0.333. The first-order valence-electron chi connectivity index (χ1n) is 9.31. The average Bonchev–Trinajstić information content (AvgIpc) is 3.11. The van der Waals surface area contributed by atoms with E-state index in [1.165, 1.54) is 18.2 Å². The van der Waals surface area contributed by atoms with Gasteiger partial charge in [0.05, 0.1) is 11.0 Å². The number of hydrogen-bond donors (Lipinski definition) is 1. The van der Waals surface area contributed by atoms with Gasteiger partial charge >= 0.3 is 5.16 Å². The van der Waals surface area contributed by atoms with Gasteiger partial charge in [-0.1, -0.05) is 18.2 Å². The van der Waals surface area contributed by atoms with E-state index in [1.54, 1.807) is 12.1 Å². The minimum absolute atomic E-state index is 0.00172. The molecule has 27 heavy (non-hydrogen) atoms. The smallest absolute Gasteiger partial charge is 0.321 e. The van der Waals surface area contributed by atoms with Crippen LogP contribution in [-0.4, -0.2) is 33.4 Å². The van der Waals surface area contributed by atoms with Crippen LogP contribution in [0.15, 0.2) is 41.6 Å². The minimum atomic E-state index is -1.28. The molecule has 1 N–H and O–H groups in total. The third-order valence-corrected chi connectivity index (χ3v) is 6.34. The number of nitrogens with zero attached hydrogens (tertiary/aromatic N) is 2. The first kappa shape index (κ1) is 18.1. The van der Waals surface area contributed by atoms with Crippen LogP contribution in [0.1, 0.15) is 41.8 Å². The lowest BCUT2D eigenvalue weighted by Crippen LogP contribution is -2.30. The summed E-state index contributed by atoms with van der Waals surface area (Å²) < 4.78 is 13.0. The number of rotatable bonds is 5. The predicted molar refractivity (Wildman–Crippen MR) is 109 cm³/mol. The molecule has 0 fully saturated rings. The highest BCUT2D eigenvalue weighted by Gasteiger charge is 2.24. The molecule has 4 rings (SSSR count). The highest BCUT2D eigenvalue weighted by molar-refractivity contribution is 7.90. The molecule has 0 aliphatic carbocycles. The summed E-state index contributed by atoms with van der Waals surface area (Å²) in [5.41, 5.74) is 5.78. The zero-order valence-corrected chi connectivity index (χ0v) is 16.4. The number of aryl methyl sites for hydroxylation is 1. The van der Waals surface area contributed by atoms with Crippen LogP contribution in [-0.2, 0) is 23.3 Å².